The first-order chi connectivity index (χ1) is 9.16. The number of para-hydroxylation sites is 1. The summed E-state index contributed by atoms with van der Waals surface area (Å²) in [5.41, 5.74) is 0.615. The summed E-state index contributed by atoms with van der Waals surface area (Å²) in [5.74, 6) is -0.0112. The minimum atomic E-state index is -0.0112. The van der Waals surface area contributed by atoms with Crippen molar-refractivity contribution in [2.75, 3.05) is 11.9 Å². The first-order valence-corrected chi connectivity index (χ1v) is 7.39. The smallest absolute Gasteiger partial charge is 0.239 e. The van der Waals surface area contributed by atoms with Gasteiger partial charge in [0.15, 0.2) is 0 Å². The maximum Gasteiger partial charge on any atom is 0.239 e. The fraction of sp³-hybridized carbons (Fsp3) is 0.500. The Bertz CT molecular complexity index is 425. The number of hydrogen-bond acceptors (Lipinski definition) is 2. The molecule has 0 atom stereocenters. The van der Waals surface area contributed by atoms with E-state index in [-0.39, 0.29) is 12.5 Å². The molecular formula is C14H18Cl2N2O. The number of nitrogens with one attached hydrogen (secondary N) is 2. The summed E-state index contributed by atoms with van der Waals surface area (Å²) in [4.78, 5) is 11.8. The third-order valence-electron chi connectivity index (χ3n) is 3.36. The molecule has 1 aliphatic carbocycles. The predicted molar refractivity (Wildman–Crippen MR) is 80.0 cm³/mol. The molecule has 5 heteroatoms. The molecule has 0 unspecified atom stereocenters. The lowest BCUT2D eigenvalue weighted by molar-refractivity contribution is -0.120. The molecule has 1 fully saturated rings. The topological polar surface area (TPSA) is 41.1 Å². The van der Waals surface area contributed by atoms with Gasteiger partial charge >= 0.3 is 0 Å². The Morgan fingerprint density at radius 3 is 2.42 bits per heavy atom. The van der Waals surface area contributed by atoms with Crippen molar-refractivity contribution in [3.63, 3.8) is 0 Å². The summed E-state index contributed by atoms with van der Waals surface area (Å²) in [7, 11) is 0. The van der Waals surface area contributed by atoms with Crippen molar-refractivity contribution >= 4 is 34.8 Å². The quantitative estimate of drug-likeness (QED) is 0.886. The van der Waals surface area contributed by atoms with E-state index < -0.39 is 0 Å². The molecule has 0 bridgehead atoms. The van der Waals surface area contributed by atoms with E-state index in [1.807, 2.05) is 0 Å². The van der Waals surface area contributed by atoms with Gasteiger partial charge in [-0.3, -0.25) is 4.79 Å². The van der Waals surface area contributed by atoms with E-state index in [4.69, 9.17) is 23.2 Å². The van der Waals surface area contributed by atoms with Gasteiger partial charge in [-0.1, -0.05) is 48.5 Å². The van der Waals surface area contributed by atoms with Crippen molar-refractivity contribution in [2.45, 2.75) is 38.1 Å². The average molecular weight is 301 g/mol. The summed E-state index contributed by atoms with van der Waals surface area (Å²) >= 11 is 12.1. The average Bonchev–Trinajstić information content (AvgIpc) is 2.39. The van der Waals surface area contributed by atoms with Crippen LogP contribution in [0.15, 0.2) is 18.2 Å². The van der Waals surface area contributed by atoms with Gasteiger partial charge in [-0.25, -0.2) is 0 Å². The number of anilines is 1. The van der Waals surface area contributed by atoms with Gasteiger partial charge in [0.05, 0.1) is 22.3 Å². The summed E-state index contributed by atoms with van der Waals surface area (Å²) in [5, 5.41) is 7.09. The molecule has 1 aromatic rings. The van der Waals surface area contributed by atoms with Gasteiger partial charge in [0.25, 0.3) is 0 Å². The largest absolute Gasteiger partial charge is 0.374 e. The van der Waals surface area contributed by atoms with Crippen molar-refractivity contribution in [2.24, 2.45) is 0 Å². The summed E-state index contributed by atoms with van der Waals surface area (Å²) in [6.07, 6.45) is 5.85. The fourth-order valence-electron chi connectivity index (χ4n) is 2.36. The number of halogens is 2. The lowest BCUT2D eigenvalue weighted by atomic mass is 9.95. The van der Waals surface area contributed by atoms with Crippen LogP contribution in [-0.4, -0.2) is 18.5 Å². The van der Waals surface area contributed by atoms with Gasteiger partial charge in [0.1, 0.15) is 0 Å². The van der Waals surface area contributed by atoms with E-state index in [9.17, 15) is 4.79 Å². The van der Waals surface area contributed by atoms with Crippen LogP contribution in [0.4, 0.5) is 5.69 Å². The van der Waals surface area contributed by atoms with Gasteiger partial charge in [0, 0.05) is 6.04 Å². The molecule has 0 saturated heterocycles. The molecule has 2 N–H and O–H groups in total. The molecule has 0 spiro atoms. The zero-order valence-electron chi connectivity index (χ0n) is 10.7. The number of amides is 1. The van der Waals surface area contributed by atoms with E-state index >= 15 is 0 Å². The van der Waals surface area contributed by atoms with Crippen LogP contribution in [0, 0.1) is 0 Å². The Morgan fingerprint density at radius 2 is 1.79 bits per heavy atom. The molecule has 104 valence electrons. The first-order valence-electron chi connectivity index (χ1n) is 6.64. The van der Waals surface area contributed by atoms with Crippen LogP contribution in [0.2, 0.25) is 10.0 Å². The molecule has 0 radical (unpaired) electrons. The third kappa shape index (κ3) is 4.29. The molecule has 3 nitrogen and oxygen atoms in total. The minimum Gasteiger partial charge on any atom is -0.374 e. The van der Waals surface area contributed by atoms with Crippen LogP contribution >= 0.6 is 23.2 Å². The molecule has 0 heterocycles. The van der Waals surface area contributed by atoms with E-state index in [0.29, 0.717) is 21.8 Å². The normalized spacial score (nSPS) is 16.1. The SMILES string of the molecule is O=C(CNc1c(Cl)cccc1Cl)NC1CCCCC1. The van der Waals surface area contributed by atoms with Crippen molar-refractivity contribution in [3.05, 3.63) is 28.2 Å². The van der Waals surface area contributed by atoms with Gasteiger partial charge in [-0.2, -0.15) is 0 Å². The van der Waals surface area contributed by atoms with Crippen LogP contribution < -0.4 is 10.6 Å². The summed E-state index contributed by atoms with van der Waals surface area (Å²) < 4.78 is 0. The summed E-state index contributed by atoms with van der Waals surface area (Å²) in [6, 6.07) is 5.59. The number of benzene rings is 1. The number of hydrogen-bond donors (Lipinski definition) is 2. The Balaban J connectivity index is 1.83. The summed E-state index contributed by atoms with van der Waals surface area (Å²) in [6.45, 7) is 0.194. The number of carbonyl (C=O) groups excluding carboxylic acids is 1. The Morgan fingerprint density at radius 1 is 1.16 bits per heavy atom. The molecule has 1 aromatic carbocycles. The third-order valence-corrected chi connectivity index (χ3v) is 3.99. The van der Waals surface area contributed by atoms with Crippen LogP contribution in [0.5, 0.6) is 0 Å². The minimum absolute atomic E-state index is 0.0112. The molecule has 19 heavy (non-hydrogen) atoms. The standard InChI is InChI=1S/C14H18Cl2N2O/c15-11-7-4-8-12(16)14(11)17-9-13(19)18-10-5-2-1-3-6-10/h4,7-8,10,17H,1-3,5-6,9H2,(H,18,19). The van der Waals surface area contributed by atoms with Crippen molar-refractivity contribution in [1.82, 2.24) is 5.32 Å². The predicted octanol–water partition coefficient (Wildman–Crippen LogP) is 3.85. The van der Waals surface area contributed by atoms with Crippen LogP contribution in [0.25, 0.3) is 0 Å². The Hall–Kier alpha value is -0.930. The van der Waals surface area contributed by atoms with E-state index in [1.165, 1.54) is 19.3 Å². The van der Waals surface area contributed by atoms with E-state index in [0.717, 1.165) is 12.8 Å². The molecular weight excluding hydrogens is 283 g/mol. The van der Waals surface area contributed by atoms with Crippen LogP contribution in [0.3, 0.4) is 0 Å². The van der Waals surface area contributed by atoms with Crippen molar-refractivity contribution < 1.29 is 4.79 Å². The van der Waals surface area contributed by atoms with Gasteiger partial charge in [-0.05, 0) is 25.0 Å². The molecule has 1 aliphatic rings. The lowest BCUT2D eigenvalue weighted by Gasteiger charge is -2.23. The van der Waals surface area contributed by atoms with Crippen molar-refractivity contribution in [3.8, 4) is 0 Å². The van der Waals surface area contributed by atoms with E-state index in [2.05, 4.69) is 10.6 Å². The van der Waals surface area contributed by atoms with Crippen LogP contribution in [-0.2, 0) is 4.79 Å². The zero-order valence-corrected chi connectivity index (χ0v) is 12.2. The lowest BCUT2D eigenvalue weighted by Crippen LogP contribution is -2.39. The van der Waals surface area contributed by atoms with Crippen molar-refractivity contribution in [1.29, 1.82) is 0 Å². The highest BCUT2D eigenvalue weighted by molar-refractivity contribution is 6.39. The molecule has 0 aliphatic heterocycles. The maximum absolute atomic E-state index is 11.8. The molecule has 1 saturated carbocycles. The Labute approximate surface area is 123 Å². The molecule has 2 rings (SSSR count). The molecule has 0 aromatic heterocycles. The fourth-order valence-corrected chi connectivity index (χ4v) is 2.89. The van der Waals surface area contributed by atoms with Gasteiger partial charge < -0.3 is 10.6 Å². The second-order valence-electron chi connectivity index (χ2n) is 4.85. The van der Waals surface area contributed by atoms with Gasteiger partial charge in [0.2, 0.25) is 5.91 Å². The number of rotatable bonds is 4. The highest BCUT2D eigenvalue weighted by Crippen LogP contribution is 2.29. The number of carbonyl (C=O) groups is 1. The first kappa shape index (κ1) is 14.5. The van der Waals surface area contributed by atoms with E-state index in [1.54, 1.807) is 18.2 Å². The van der Waals surface area contributed by atoms with Crippen LogP contribution in [0.1, 0.15) is 32.1 Å². The zero-order chi connectivity index (χ0) is 13.7. The maximum atomic E-state index is 11.8. The monoisotopic (exact) mass is 300 g/mol. The van der Waals surface area contributed by atoms with Gasteiger partial charge in [-0.15, -0.1) is 0 Å². The molecule has 1 amide bonds. The second-order valence-corrected chi connectivity index (χ2v) is 5.67. The Kier molecular flexibility index (Phi) is 5.34. The highest BCUT2D eigenvalue weighted by Gasteiger charge is 2.15. The second kappa shape index (κ2) is 7.01. The highest BCUT2D eigenvalue weighted by atomic mass is 35.5.